The van der Waals surface area contributed by atoms with Crippen molar-refractivity contribution in [1.29, 1.82) is 0 Å². The first-order valence-corrected chi connectivity index (χ1v) is 9.79. The average molecular weight is 394 g/mol. The minimum Gasteiger partial charge on any atom is -0.383 e. The molecular formula is C21H26N6O2. The predicted octanol–water partition coefficient (Wildman–Crippen LogP) is 2.75. The van der Waals surface area contributed by atoms with Crippen LogP contribution in [0, 0.1) is 0 Å². The summed E-state index contributed by atoms with van der Waals surface area (Å²) in [7, 11) is 1.69. The molecule has 8 heteroatoms. The van der Waals surface area contributed by atoms with Gasteiger partial charge in [-0.25, -0.2) is 9.97 Å². The van der Waals surface area contributed by atoms with Gasteiger partial charge in [0, 0.05) is 32.8 Å². The Kier molecular flexibility index (Phi) is 6.02. The molecule has 1 aromatic carbocycles. The SMILES string of the molecule is COCCn1cnc2c(N3CCOCC3)cc(N/N=C(\C)c3ccccc3)nc21. The Morgan fingerprint density at radius 1 is 1.24 bits per heavy atom. The summed E-state index contributed by atoms with van der Waals surface area (Å²) >= 11 is 0. The maximum atomic E-state index is 5.51. The van der Waals surface area contributed by atoms with E-state index in [0.29, 0.717) is 32.2 Å². The van der Waals surface area contributed by atoms with Gasteiger partial charge in [-0.1, -0.05) is 30.3 Å². The fourth-order valence-corrected chi connectivity index (χ4v) is 3.36. The van der Waals surface area contributed by atoms with Crippen molar-refractivity contribution in [2.24, 2.45) is 5.10 Å². The van der Waals surface area contributed by atoms with Gasteiger partial charge < -0.3 is 18.9 Å². The van der Waals surface area contributed by atoms with Crippen molar-refractivity contribution < 1.29 is 9.47 Å². The van der Waals surface area contributed by atoms with Gasteiger partial charge in [-0.2, -0.15) is 5.10 Å². The number of ether oxygens (including phenoxy) is 2. The Morgan fingerprint density at radius 3 is 2.79 bits per heavy atom. The van der Waals surface area contributed by atoms with Crippen LogP contribution in [0.1, 0.15) is 12.5 Å². The van der Waals surface area contributed by atoms with E-state index in [0.717, 1.165) is 41.2 Å². The molecular weight excluding hydrogens is 368 g/mol. The molecule has 29 heavy (non-hydrogen) atoms. The number of hydrogen-bond acceptors (Lipinski definition) is 7. The zero-order valence-electron chi connectivity index (χ0n) is 16.8. The van der Waals surface area contributed by atoms with E-state index in [1.807, 2.05) is 54.2 Å². The summed E-state index contributed by atoms with van der Waals surface area (Å²) in [6, 6.07) is 12.1. The highest BCUT2D eigenvalue weighted by Crippen LogP contribution is 2.28. The number of nitrogens with one attached hydrogen (secondary N) is 1. The van der Waals surface area contributed by atoms with E-state index in [9.17, 15) is 0 Å². The third-order valence-electron chi connectivity index (χ3n) is 4.97. The number of anilines is 2. The summed E-state index contributed by atoms with van der Waals surface area (Å²) in [5.41, 5.74) is 7.85. The fourth-order valence-electron chi connectivity index (χ4n) is 3.36. The van der Waals surface area contributed by atoms with Crippen molar-refractivity contribution in [2.45, 2.75) is 13.5 Å². The number of nitrogens with zero attached hydrogens (tertiary/aromatic N) is 5. The first kappa shape index (κ1) is 19.4. The van der Waals surface area contributed by atoms with Crippen LogP contribution in [0.3, 0.4) is 0 Å². The van der Waals surface area contributed by atoms with E-state index in [-0.39, 0.29) is 0 Å². The highest BCUT2D eigenvalue weighted by Gasteiger charge is 2.19. The van der Waals surface area contributed by atoms with E-state index in [1.54, 1.807) is 7.11 Å². The molecule has 2 aromatic heterocycles. The minimum atomic E-state index is 0.600. The number of imidazole rings is 1. The summed E-state index contributed by atoms with van der Waals surface area (Å²) in [5.74, 6) is 0.688. The number of fused-ring (bicyclic) bond motifs is 1. The van der Waals surface area contributed by atoms with Gasteiger partial charge in [0.15, 0.2) is 11.5 Å². The Bertz CT molecular complexity index is 980. The number of aromatic nitrogens is 3. The molecule has 1 fully saturated rings. The average Bonchev–Trinajstić information content (AvgIpc) is 3.19. The number of rotatable bonds is 7. The summed E-state index contributed by atoms with van der Waals surface area (Å²) in [6.07, 6.45) is 1.82. The normalized spacial score (nSPS) is 15.1. The molecule has 0 amide bonds. The fraction of sp³-hybridized carbons (Fsp3) is 0.381. The second kappa shape index (κ2) is 9.02. The largest absolute Gasteiger partial charge is 0.383 e. The molecule has 0 radical (unpaired) electrons. The second-order valence-corrected chi connectivity index (χ2v) is 6.90. The zero-order valence-corrected chi connectivity index (χ0v) is 16.8. The molecule has 3 aromatic rings. The number of methoxy groups -OCH3 is 1. The van der Waals surface area contributed by atoms with Crippen molar-refractivity contribution in [3.63, 3.8) is 0 Å². The predicted molar refractivity (Wildman–Crippen MR) is 115 cm³/mol. The number of pyridine rings is 1. The van der Waals surface area contributed by atoms with Gasteiger partial charge in [-0.05, 0) is 12.5 Å². The van der Waals surface area contributed by atoms with E-state index in [2.05, 4.69) is 20.4 Å². The molecule has 0 unspecified atom stereocenters. The topological polar surface area (TPSA) is 76.8 Å². The zero-order chi connectivity index (χ0) is 20.1. The Hall–Kier alpha value is -2.97. The molecule has 1 N–H and O–H groups in total. The maximum absolute atomic E-state index is 5.51. The third-order valence-corrected chi connectivity index (χ3v) is 4.97. The molecule has 1 aliphatic rings. The van der Waals surface area contributed by atoms with Gasteiger partial charge in [0.25, 0.3) is 0 Å². The van der Waals surface area contributed by atoms with Crippen LogP contribution in [0.15, 0.2) is 47.8 Å². The smallest absolute Gasteiger partial charge is 0.164 e. The number of morpholine rings is 1. The van der Waals surface area contributed by atoms with Gasteiger partial charge in [0.2, 0.25) is 0 Å². The van der Waals surface area contributed by atoms with Gasteiger partial charge in [-0.15, -0.1) is 0 Å². The number of hydrazone groups is 1. The minimum absolute atomic E-state index is 0.600. The summed E-state index contributed by atoms with van der Waals surface area (Å²) < 4.78 is 12.8. The summed E-state index contributed by atoms with van der Waals surface area (Å²) in [6.45, 7) is 6.35. The van der Waals surface area contributed by atoms with Crippen LogP contribution in [0.5, 0.6) is 0 Å². The quantitative estimate of drug-likeness (QED) is 0.491. The van der Waals surface area contributed by atoms with E-state index in [1.165, 1.54) is 0 Å². The summed E-state index contributed by atoms with van der Waals surface area (Å²) in [5, 5.41) is 4.54. The molecule has 3 heterocycles. The maximum Gasteiger partial charge on any atom is 0.164 e. The van der Waals surface area contributed by atoms with E-state index < -0.39 is 0 Å². The number of benzene rings is 1. The van der Waals surface area contributed by atoms with Crippen LogP contribution in [0.2, 0.25) is 0 Å². The Labute approximate surface area is 170 Å². The van der Waals surface area contributed by atoms with Crippen molar-refractivity contribution >= 4 is 28.4 Å². The van der Waals surface area contributed by atoms with Crippen LogP contribution in [0.25, 0.3) is 11.2 Å². The lowest BCUT2D eigenvalue weighted by atomic mass is 10.1. The van der Waals surface area contributed by atoms with Crippen LogP contribution >= 0.6 is 0 Å². The van der Waals surface area contributed by atoms with Crippen LogP contribution in [-0.4, -0.2) is 60.3 Å². The van der Waals surface area contributed by atoms with Crippen molar-refractivity contribution in [3.8, 4) is 0 Å². The molecule has 0 saturated carbocycles. The molecule has 0 aliphatic carbocycles. The highest BCUT2D eigenvalue weighted by molar-refractivity contribution is 5.99. The van der Waals surface area contributed by atoms with Gasteiger partial charge >= 0.3 is 0 Å². The van der Waals surface area contributed by atoms with Crippen LogP contribution in [0.4, 0.5) is 11.5 Å². The first-order valence-electron chi connectivity index (χ1n) is 9.79. The standard InChI is InChI=1S/C21H26N6O2/c1-16(17-6-4-3-5-7-17)24-25-19-14-18(26-9-12-29-13-10-26)20-21(23-19)27(15-22-20)8-11-28-2/h3-7,14-15H,8-13H2,1-2H3,(H,23,25)/b24-16+. The van der Waals surface area contributed by atoms with E-state index in [4.69, 9.17) is 14.5 Å². The van der Waals surface area contributed by atoms with Crippen LogP contribution in [-0.2, 0) is 16.0 Å². The first-order chi connectivity index (χ1) is 14.3. The van der Waals surface area contributed by atoms with E-state index >= 15 is 0 Å². The molecule has 0 bridgehead atoms. The Morgan fingerprint density at radius 2 is 2.03 bits per heavy atom. The molecule has 8 nitrogen and oxygen atoms in total. The molecule has 1 saturated heterocycles. The Balaban J connectivity index is 1.68. The number of hydrogen-bond donors (Lipinski definition) is 1. The van der Waals surface area contributed by atoms with Crippen LogP contribution < -0.4 is 10.3 Å². The highest BCUT2D eigenvalue weighted by atomic mass is 16.5. The van der Waals surface area contributed by atoms with Gasteiger partial charge in [0.1, 0.15) is 5.52 Å². The van der Waals surface area contributed by atoms with Crippen molar-refractivity contribution in [3.05, 3.63) is 48.3 Å². The van der Waals surface area contributed by atoms with Gasteiger partial charge in [0.05, 0.1) is 37.5 Å². The molecule has 152 valence electrons. The monoisotopic (exact) mass is 394 g/mol. The lowest BCUT2D eigenvalue weighted by molar-refractivity contribution is 0.123. The third kappa shape index (κ3) is 4.38. The lowest BCUT2D eigenvalue weighted by Crippen LogP contribution is -2.36. The molecule has 1 aliphatic heterocycles. The van der Waals surface area contributed by atoms with Crippen molar-refractivity contribution in [2.75, 3.05) is 50.3 Å². The van der Waals surface area contributed by atoms with Crippen molar-refractivity contribution in [1.82, 2.24) is 14.5 Å². The molecule has 0 spiro atoms. The molecule has 4 rings (SSSR count). The van der Waals surface area contributed by atoms with Gasteiger partial charge in [-0.3, -0.25) is 5.43 Å². The lowest BCUT2D eigenvalue weighted by Gasteiger charge is -2.29. The summed E-state index contributed by atoms with van der Waals surface area (Å²) in [4.78, 5) is 11.7. The second-order valence-electron chi connectivity index (χ2n) is 6.90. The molecule has 0 atom stereocenters.